The molecule has 5 nitrogen and oxygen atoms in total. The molecule has 0 fully saturated rings. The first-order valence-electron chi connectivity index (χ1n) is 9.70. The minimum Gasteiger partial charge on any atom is -0.489 e. The van der Waals surface area contributed by atoms with Crippen LogP contribution in [0.5, 0.6) is 5.75 Å². The van der Waals surface area contributed by atoms with E-state index in [2.05, 4.69) is 0 Å². The van der Waals surface area contributed by atoms with E-state index in [0.29, 0.717) is 21.9 Å². The van der Waals surface area contributed by atoms with Gasteiger partial charge in [-0.2, -0.15) is 13.2 Å². The van der Waals surface area contributed by atoms with E-state index in [-0.39, 0.29) is 6.61 Å². The van der Waals surface area contributed by atoms with E-state index in [1.54, 1.807) is 24.3 Å². The molecule has 0 radical (unpaired) electrons. The van der Waals surface area contributed by atoms with Crippen molar-refractivity contribution in [1.82, 2.24) is 9.63 Å². The number of carbonyl (C=O) groups is 1. The molecular weight excluding hydrogens is 421 g/mol. The van der Waals surface area contributed by atoms with Crippen molar-refractivity contribution in [3.63, 3.8) is 0 Å². The zero-order valence-electron chi connectivity index (χ0n) is 17.0. The highest BCUT2D eigenvalue weighted by molar-refractivity contribution is 5.97. The summed E-state index contributed by atoms with van der Waals surface area (Å²) >= 11 is 0. The third kappa shape index (κ3) is 4.45. The van der Waals surface area contributed by atoms with Crippen molar-refractivity contribution in [2.45, 2.75) is 12.8 Å². The molecule has 32 heavy (non-hydrogen) atoms. The van der Waals surface area contributed by atoms with Crippen molar-refractivity contribution in [3.8, 4) is 11.4 Å². The third-order valence-electron chi connectivity index (χ3n) is 5.04. The van der Waals surface area contributed by atoms with E-state index in [1.807, 2.05) is 35.0 Å². The molecule has 0 aliphatic rings. The van der Waals surface area contributed by atoms with Crippen LogP contribution in [-0.2, 0) is 12.8 Å². The summed E-state index contributed by atoms with van der Waals surface area (Å²) in [5.41, 5.74) is 1.93. The molecule has 164 valence electrons. The average Bonchev–Trinajstić information content (AvgIpc) is 3.20. The molecule has 0 aliphatic heterocycles. The van der Waals surface area contributed by atoms with E-state index in [0.717, 1.165) is 28.7 Å². The second-order valence-corrected chi connectivity index (χ2v) is 7.27. The lowest BCUT2D eigenvalue weighted by Crippen LogP contribution is -2.22. The van der Waals surface area contributed by atoms with Crippen molar-refractivity contribution in [2.75, 3.05) is 7.05 Å². The first-order chi connectivity index (χ1) is 15.2. The molecule has 4 rings (SSSR count). The summed E-state index contributed by atoms with van der Waals surface area (Å²) in [4.78, 5) is 12.1. The Morgan fingerprint density at radius 3 is 2.31 bits per heavy atom. The number of hydrogen-bond donors (Lipinski definition) is 1. The number of nitrogens with zero attached hydrogens (tertiary/aromatic N) is 2. The molecule has 0 saturated carbocycles. The number of rotatable bonds is 5. The monoisotopic (exact) mass is 440 g/mol. The molecule has 1 amide bonds. The van der Waals surface area contributed by atoms with Crippen LogP contribution in [0.25, 0.3) is 16.6 Å². The zero-order valence-corrected chi connectivity index (χ0v) is 17.0. The Labute approximate surface area is 181 Å². The Morgan fingerprint density at radius 2 is 1.69 bits per heavy atom. The minimum atomic E-state index is -4.36. The molecule has 1 aromatic heterocycles. The first kappa shape index (κ1) is 21.5. The molecule has 0 bridgehead atoms. The topological polar surface area (TPSA) is 54.7 Å². The normalized spacial score (nSPS) is 11.5. The lowest BCUT2D eigenvalue weighted by atomic mass is 10.1. The lowest BCUT2D eigenvalue weighted by molar-refractivity contribution is -0.137. The van der Waals surface area contributed by atoms with Gasteiger partial charge < -0.3 is 9.30 Å². The minimum absolute atomic E-state index is 0.143. The maximum Gasteiger partial charge on any atom is 0.416 e. The fraction of sp³-hybridized carbons (Fsp3) is 0.125. The number of hydrogen-bond acceptors (Lipinski definition) is 3. The summed E-state index contributed by atoms with van der Waals surface area (Å²) in [6, 6.07) is 19.2. The van der Waals surface area contributed by atoms with E-state index in [4.69, 9.17) is 4.74 Å². The summed E-state index contributed by atoms with van der Waals surface area (Å²) in [5.74, 6) is 0.0644. The van der Waals surface area contributed by atoms with Gasteiger partial charge in [0.2, 0.25) is 0 Å². The standard InChI is InChI=1S/C24H19F3N2O3/c1-28(31)23(30)18-5-4-17-12-13-29(22(17)14-18)20-8-10-21(11-9-20)32-15-16-2-6-19(7-3-16)24(25,26)27/h2-14,31H,15H2,1H3. The van der Waals surface area contributed by atoms with Gasteiger partial charge in [-0.15, -0.1) is 0 Å². The second kappa shape index (κ2) is 8.39. The van der Waals surface area contributed by atoms with E-state index in [1.165, 1.54) is 19.2 Å². The maximum absolute atomic E-state index is 12.7. The average molecular weight is 440 g/mol. The number of amides is 1. The highest BCUT2D eigenvalue weighted by atomic mass is 19.4. The zero-order chi connectivity index (χ0) is 22.9. The van der Waals surface area contributed by atoms with Gasteiger partial charge in [0.1, 0.15) is 12.4 Å². The Balaban J connectivity index is 1.49. The van der Waals surface area contributed by atoms with Crippen LogP contribution in [0.4, 0.5) is 13.2 Å². The predicted molar refractivity (Wildman–Crippen MR) is 113 cm³/mol. The van der Waals surface area contributed by atoms with Crippen molar-refractivity contribution < 1.29 is 27.9 Å². The van der Waals surface area contributed by atoms with Gasteiger partial charge in [0.15, 0.2) is 0 Å². The van der Waals surface area contributed by atoms with Crippen LogP contribution in [0.15, 0.2) is 79.0 Å². The van der Waals surface area contributed by atoms with Crippen molar-refractivity contribution in [3.05, 3.63) is 95.7 Å². The van der Waals surface area contributed by atoms with Gasteiger partial charge in [0.25, 0.3) is 5.91 Å². The summed E-state index contributed by atoms with van der Waals surface area (Å²) in [7, 11) is 1.27. The quantitative estimate of drug-likeness (QED) is 0.320. The highest BCUT2D eigenvalue weighted by Crippen LogP contribution is 2.29. The summed E-state index contributed by atoms with van der Waals surface area (Å²) in [5, 5.41) is 10.9. The number of fused-ring (bicyclic) bond motifs is 1. The largest absolute Gasteiger partial charge is 0.489 e. The Bertz CT molecular complexity index is 1240. The van der Waals surface area contributed by atoms with Gasteiger partial charge >= 0.3 is 6.18 Å². The number of hydroxylamine groups is 2. The van der Waals surface area contributed by atoms with Gasteiger partial charge in [-0.05, 0) is 65.5 Å². The fourth-order valence-corrected chi connectivity index (χ4v) is 3.33. The van der Waals surface area contributed by atoms with E-state index in [9.17, 15) is 23.2 Å². The molecule has 0 spiro atoms. The second-order valence-electron chi connectivity index (χ2n) is 7.27. The molecule has 8 heteroatoms. The Hall–Kier alpha value is -3.78. The van der Waals surface area contributed by atoms with Crippen LogP contribution >= 0.6 is 0 Å². The Kier molecular flexibility index (Phi) is 5.63. The lowest BCUT2D eigenvalue weighted by Gasteiger charge is -2.11. The third-order valence-corrected chi connectivity index (χ3v) is 5.04. The summed E-state index contributed by atoms with van der Waals surface area (Å²) in [6.07, 6.45) is -2.49. The van der Waals surface area contributed by atoms with Crippen LogP contribution < -0.4 is 4.74 Å². The van der Waals surface area contributed by atoms with Crippen LogP contribution in [0, 0.1) is 0 Å². The predicted octanol–water partition coefficient (Wildman–Crippen LogP) is 5.69. The fourth-order valence-electron chi connectivity index (χ4n) is 3.33. The van der Waals surface area contributed by atoms with Gasteiger partial charge in [-0.3, -0.25) is 10.0 Å². The number of carbonyl (C=O) groups excluding carboxylic acids is 1. The molecule has 0 atom stereocenters. The molecule has 0 aliphatic carbocycles. The van der Waals surface area contributed by atoms with Gasteiger partial charge in [0, 0.05) is 24.5 Å². The molecule has 3 aromatic carbocycles. The van der Waals surface area contributed by atoms with Crippen LogP contribution in [0.2, 0.25) is 0 Å². The van der Waals surface area contributed by atoms with Crippen molar-refractivity contribution in [2.24, 2.45) is 0 Å². The van der Waals surface area contributed by atoms with Crippen molar-refractivity contribution >= 4 is 16.8 Å². The molecule has 1 N–H and O–H groups in total. The van der Waals surface area contributed by atoms with Gasteiger partial charge in [-0.1, -0.05) is 18.2 Å². The van der Waals surface area contributed by atoms with E-state index < -0.39 is 17.6 Å². The molecule has 0 unspecified atom stereocenters. The molecular formula is C24H19F3N2O3. The number of alkyl halides is 3. The van der Waals surface area contributed by atoms with Crippen molar-refractivity contribution in [1.29, 1.82) is 0 Å². The van der Waals surface area contributed by atoms with E-state index >= 15 is 0 Å². The number of aromatic nitrogens is 1. The van der Waals surface area contributed by atoms with Gasteiger partial charge in [-0.25, -0.2) is 5.06 Å². The number of benzene rings is 3. The summed E-state index contributed by atoms with van der Waals surface area (Å²) < 4.78 is 45.6. The van der Waals surface area contributed by atoms with Crippen LogP contribution in [-0.4, -0.2) is 27.8 Å². The molecule has 0 saturated heterocycles. The van der Waals surface area contributed by atoms with Crippen LogP contribution in [0.1, 0.15) is 21.5 Å². The number of halogens is 3. The van der Waals surface area contributed by atoms with Crippen LogP contribution in [0.3, 0.4) is 0 Å². The highest BCUT2D eigenvalue weighted by Gasteiger charge is 2.29. The number of ether oxygens (including phenoxy) is 1. The first-order valence-corrected chi connectivity index (χ1v) is 9.70. The smallest absolute Gasteiger partial charge is 0.416 e. The maximum atomic E-state index is 12.7. The summed E-state index contributed by atoms with van der Waals surface area (Å²) in [6.45, 7) is 0.143. The molecule has 4 aromatic rings. The molecule has 1 heterocycles. The SMILES string of the molecule is CN(O)C(=O)c1ccc2ccn(-c3ccc(OCc4ccc(C(F)(F)F)cc4)cc3)c2c1. The Morgan fingerprint density at radius 1 is 1.00 bits per heavy atom. The van der Waals surface area contributed by atoms with Gasteiger partial charge in [0.05, 0.1) is 11.1 Å².